The van der Waals surface area contributed by atoms with Crippen LogP contribution in [0.3, 0.4) is 0 Å². The van der Waals surface area contributed by atoms with Crippen molar-refractivity contribution in [1.29, 1.82) is 5.26 Å². The normalized spacial score (nSPS) is 9.40. The van der Waals surface area contributed by atoms with Crippen LogP contribution in [0.1, 0.15) is 15.9 Å². The van der Waals surface area contributed by atoms with Gasteiger partial charge in [0.05, 0.1) is 12.5 Å². The predicted octanol–water partition coefficient (Wildman–Crippen LogP) is 1.66. The third-order valence-electron chi connectivity index (χ3n) is 2.04. The summed E-state index contributed by atoms with van der Waals surface area (Å²) >= 11 is 0. The van der Waals surface area contributed by atoms with E-state index in [1.54, 1.807) is 26.2 Å². The maximum atomic E-state index is 11.5. The number of hydrogen-bond acceptors (Lipinski definition) is 2. The first-order valence-electron chi connectivity index (χ1n) is 4.67. The molecule has 0 spiro atoms. The molecule has 0 aliphatic heterocycles. The Morgan fingerprint density at radius 1 is 1.40 bits per heavy atom. The lowest BCUT2D eigenvalue weighted by Crippen LogP contribution is -2.21. The lowest BCUT2D eigenvalue weighted by Gasteiger charge is -2.10. The minimum Gasteiger partial charge on any atom is -0.345 e. The zero-order chi connectivity index (χ0) is 11.3. The Morgan fingerprint density at radius 3 is 2.47 bits per heavy atom. The van der Waals surface area contributed by atoms with Gasteiger partial charge >= 0.3 is 0 Å². The monoisotopic (exact) mass is 201 g/mol. The van der Waals surface area contributed by atoms with Crippen LogP contribution in [-0.4, -0.2) is 24.9 Å². The first-order valence-corrected chi connectivity index (χ1v) is 4.67. The van der Waals surface area contributed by atoms with E-state index >= 15 is 0 Å². The fraction of sp³-hybridized carbons (Fsp3) is 0.250. The molecule has 0 aliphatic carbocycles. The lowest BCUT2D eigenvalue weighted by atomic mass is 10.1. The molecule has 1 aromatic carbocycles. The van der Waals surface area contributed by atoms with E-state index in [2.05, 4.69) is 0 Å². The fourth-order valence-corrected chi connectivity index (χ4v) is 1.21. The molecule has 0 bridgehead atoms. The second-order valence-corrected chi connectivity index (χ2v) is 3.43. The lowest BCUT2D eigenvalue weighted by molar-refractivity contribution is 0.0827. The smallest absolute Gasteiger partial charge is 0.253 e. The maximum Gasteiger partial charge on any atom is 0.253 e. The first kappa shape index (κ1) is 11.3. The van der Waals surface area contributed by atoms with E-state index in [0.29, 0.717) is 12.0 Å². The molecule has 1 rings (SSSR count). The van der Waals surface area contributed by atoms with Crippen molar-refractivity contribution in [2.45, 2.75) is 6.42 Å². The molecule has 15 heavy (non-hydrogen) atoms. The van der Waals surface area contributed by atoms with E-state index in [1.165, 1.54) is 11.3 Å². The van der Waals surface area contributed by atoms with Crippen molar-refractivity contribution in [2.24, 2.45) is 0 Å². The molecule has 0 heterocycles. The van der Waals surface area contributed by atoms with Crippen LogP contribution in [0, 0.1) is 17.8 Å². The Bertz CT molecular complexity index is 374. The van der Waals surface area contributed by atoms with Crippen molar-refractivity contribution in [3.63, 3.8) is 0 Å². The number of rotatable bonds is 3. The average Bonchev–Trinajstić information content (AvgIpc) is 2.26. The Morgan fingerprint density at radius 2 is 2.00 bits per heavy atom. The number of carbonyl (C=O) groups is 1. The van der Waals surface area contributed by atoms with Gasteiger partial charge in [-0.15, -0.1) is 0 Å². The van der Waals surface area contributed by atoms with Gasteiger partial charge in [-0.25, -0.2) is 0 Å². The molecule has 0 atom stereocenters. The van der Waals surface area contributed by atoms with Crippen molar-refractivity contribution in [2.75, 3.05) is 14.1 Å². The molecule has 3 heteroatoms. The quantitative estimate of drug-likeness (QED) is 0.746. The van der Waals surface area contributed by atoms with Crippen LogP contribution in [0.5, 0.6) is 0 Å². The van der Waals surface area contributed by atoms with Gasteiger partial charge in [0.25, 0.3) is 5.91 Å². The van der Waals surface area contributed by atoms with Crippen molar-refractivity contribution in [3.05, 3.63) is 41.8 Å². The van der Waals surface area contributed by atoms with Crippen molar-refractivity contribution in [1.82, 2.24) is 4.90 Å². The van der Waals surface area contributed by atoms with Crippen LogP contribution in [0.4, 0.5) is 0 Å². The van der Waals surface area contributed by atoms with Gasteiger partial charge in [-0.3, -0.25) is 4.79 Å². The number of nitrogens with zero attached hydrogens (tertiary/aromatic N) is 2. The first-order chi connectivity index (χ1) is 7.15. The van der Waals surface area contributed by atoms with E-state index in [0.717, 1.165) is 5.56 Å². The van der Waals surface area contributed by atoms with Gasteiger partial charge in [0, 0.05) is 19.7 Å². The summed E-state index contributed by atoms with van der Waals surface area (Å²) in [7, 11) is 3.44. The van der Waals surface area contributed by atoms with Crippen LogP contribution >= 0.6 is 0 Å². The van der Waals surface area contributed by atoms with Crippen molar-refractivity contribution in [3.8, 4) is 6.07 Å². The van der Waals surface area contributed by atoms with Crippen LogP contribution in [-0.2, 0) is 6.42 Å². The molecule has 1 aromatic rings. The molecule has 0 aliphatic rings. The second kappa shape index (κ2) is 5.16. The minimum atomic E-state index is -0.00851. The molecule has 77 valence electrons. The fourth-order valence-electron chi connectivity index (χ4n) is 1.21. The van der Waals surface area contributed by atoms with Crippen LogP contribution in [0.15, 0.2) is 24.3 Å². The van der Waals surface area contributed by atoms with Gasteiger partial charge in [-0.05, 0) is 24.1 Å². The van der Waals surface area contributed by atoms with E-state index in [-0.39, 0.29) is 5.91 Å². The topological polar surface area (TPSA) is 44.1 Å². The summed E-state index contributed by atoms with van der Waals surface area (Å²) in [5.74, 6) is -0.00851. The number of benzene rings is 1. The summed E-state index contributed by atoms with van der Waals surface area (Å²) in [6, 6.07) is 9.26. The molecule has 0 saturated carbocycles. The number of amides is 1. The molecule has 0 unspecified atom stereocenters. The summed E-state index contributed by atoms with van der Waals surface area (Å²) in [6.45, 7) is 0. The highest BCUT2D eigenvalue weighted by atomic mass is 16.2. The molecule has 0 fully saturated rings. The number of nitriles is 1. The number of hydrogen-bond donors (Lipinski definition) is 0. The van der Waals surface area contributed by atoms with Gasteiger partial charge in [-0.2, -0.15) is 5.26 Å². The Balaban J connectivity index is 2.73. The molecule has 0 N–H and O–H groups in total. The van der Waals surface area contributed by atoms with Crippen LogP contribution in [0.25, 0.3) is 0 Å². The SMILES string of the molecule is CN(C)C(=O)c1ccc(C[CH]C#N)cc1. The summed E-state index contributed by atoms with van der Waals surface area (Å²) in [6.07, 6.45) is 2.15. The Labute approximate surface area is 89.9 Å². The van der Waals surface area contributed by atoms with E-state index in [9.17, 15) is 4.79 Å². The highest BCUT2D eigenvalue weighted by Crippen LogP contribution is 2.07. The molecule has 3 nitrogen and oxygen atoms in total. The minimum absolute atomic E-state index is 0.00851. The van der Waals surface area contributed by atoms with Gasteiger partial charge < -0.3 is 4.90 Å². The molecular formula is C12H13N2O. The third kappa shape index (κ3) is 3.10. The second-order valence-electron chi connectivity index (χ2n) is 3.43. The molecule has 0 saturated heterocycles. The Kier molecular flexibility index (Phi) is 3.87. The van der Waals surface area contributed by atoms with Gasteiger partial charge in [0.1, 0.15) is 0 Å². The Hall–Kier alpha value is -1.82. The summed E-state index contributed by atoms with van der Waals surface area (Å²) in [5.41, 5.74) is 1.70. The standard InChI is InChI=1S/C12H13N2O/c1-14(2)12(15)11-7-5-10(6-8-11)4-3-9-13/h3,5-8H,4H2,1-2H3. The highest BCUT2D eigenvalue weighted by molar-refractivity contribution is 5.93. The summed E-state index contributed by atoms with van der Waals surface area (Å²) in [5, 5.41) is 8.38. The molecular weight excluding hydrogens is 188 g/mol. The maximum absolute atomic E-state index is 11.5. The largest absolute Gasteiger partial charge is 0.345 e. The molecule has 1 radical (unpaired) electrons. The summed E-state index contributed by atoms with van der Waals surface area (Å²) < 4.78 is 0. The van der Waals surface area contributed by atoms with Crippen LogP contribution < -0.4 is 0 Å². The summed E-state index contributed by atoms with van der Waals surface area (Å²) in [4.78, 5) is 13.1. The predicted molar refractivity (Wildman–Crippen MR) is 58.1 cm³/mol. The van der Waals surface area contributed by atoms with E-state index < -0.39 is 0 Å². The molecule has 1 amide bonds. The number of carbonyl (C=O) groups excluding carboxylic acids is 1. The van der Waals surface area contributed by atoms with Gasteiger partial charge in [0.2, 0.25) is 0 Å². The van der Waals surface area contributed by atoms with Crippen molar-refractivity contribution < 1.29 is 4.79 Å². The van der Waals surface area contributed by atoms with Crippen LogP contribution in [0.2, 0.25) is 0 Å². The highest BCUT2D eigenvalue weighted by Gasteiger charge is 2.06. The van der Waals surface area contributed by atoms with Gasteiger partial charge in [-0.1, -0.05) is 12.1 Å². The van der Waals surface area contributed by atoms with E-state index in [1.807, 2.05) is 18.2 Å². The van der Waals surface area contributed by atoms with E-state index in [4.69, 9.17) is 5.26 Å². The third-order valence-corrected chi connectivity index (χ3v) is 2.04. The van der Waals surface area contributed by atoms with Crippen molar-refractivity contribution >= 4 is 5.91 Å². The zero-order valence-electron chi connectivity index (χ0n) is 8.90. The van der Waals surface area contributed by atoms with Gasteiger partial charge in [0.15, 0.2) is 0 Å². The molecule has 0 aromatic heterocycles. The average molecular weight is 201 g/mol. The zero-order valence-corrected chi connectivity index (χ0v) is 8.90.